The highest BCUT2D eigenvalue weighted by atomic mass is 19.1. The third-order valence-electron chi connectivity index (χ3n) is 3.97. The Morgan fingerprint density at radius 2 is 2.08 bits per heavy atom. The van der Waals surface area contributed by atoms with Gasteiger partial charge in [0, 0.05) is 24.9 Å². The number of aliphatic carboxylic acids is 1. The average molecular weight is 348 g/mol. The van der Waals surface area contributed by atoms with E-state index in [1.807, 2.05) is 0 Å². The van der Waals surface area contributed by atoms with Gasteiger partial charge in [-0.2, -0.15) is 0 Å². The van der Waals surface area contributed by atoms with Gasteiger partial charge in [-0.3, -0.25) is 4.79 Å². The van der Waals surface area contributed by atoms with Crippen LogP contribution in [0.3, 0.4) is 0 Å². The van der Waals surface area contributed by atoms with Gasteiger partial charge in [0.2, 0.25) is 5.91 Å². The van der Waals surface area contributed by atoms with Crippen molar-refractivity contribution in [2.24, 2.45) is 0 Å². The van der Waals surface area contributed by atoms with Crippen LogP contribution in [0.25, 0.3) is 11.3 Å². The van der Waals surface area contributed by atoms with Crippen molar-refractivity contribution in [1.82, 2.24) is 9.88 Å². The van der Waals surface area contributed by atoms with Gasteiger partial charge >= 0.3 is 5.97 Å². The fraction of sp³-hybridized carbons (Fsp3) is 0.353. The maximum absolute atomic E-state index is 12.9. The highest BCUT2D eigenvalue weighted by molar-refractivity contribution is 5.84. The van der Waals surface area contributed by atoms with Crippen molar-refractivity contribution in [2.45, 2.75) is 18.9 Å². The van der Waals surface area contributed by atoms with E-state index >= 15 is 0 Å². The second kappa shape index (κ2) is 7.43. The minimum atomic E-state index is -1.08. The van der Waals surface area contributed by atoms with Crippen LogP contribution in [-0.2, 0) is 20.7 Å². The quantitative estimate of drug-likeness (QED) is 0.884. The maximum atomic E-state index is 12.9. The molecule has 1 saturated heterocycles. The molecule has 2 aromatic rings. The number of carbonyl (C=O) groups is 2. The zero-order chi connectivity index (χ0) is 17.8. The fourth-order valence-electron chi connectivity index (χ4n) is 2.64. The lowest BCUT2D eigenvalue weighted by molar-refractivity contribution is -0.158. The molecule has 25 heavy (non-hydrogen) atoms. The Balaban J connectivity index is 1.61. The molecule has 8 heteroatoms. The molecular formula is C17H17FN2O5. The fourth-order valence-corrected chi connectivity index (χ4v) is 2.64. The Morgan fingerprint density at radius 1 is 1.32 bits per heavy atom. The molecule has 1 aromatic heterocycles. The van der Waals surface area contributed by atoms with Crippen LogP contribution in [0.1, 0.15) is 12.3 Å². The second-order valence-electron chi connectivity index (χ2n) is 5.64. The number of hydrogen-bond acceptors (Lipinski definition) is 5. The van der Waals surface area contributed by atoms with Gasteiger partial charge in [0.1, 0.15) is 5.82 Å². The van der Waals surface area contributed by atoms with Crippen LogP contribution < -0.4 is 0 Å². The summed E-state index contributed by atoms with van der Waals surface area (Å²) >= 11 is 0. The van der Waals surface area contributed by atoms with E-state index < -0.39 is 12.0 Å². The molecular weight excluding hydrogens is 331 g/mol. The number of morpholine rings is 1. The summed E-state index contributed by atoms with van der Waals surface area (Å²) < 4.78 is 23.6. The third-order valence-corrected chi connectivity index (χ3v) is 3.97. The number of aryl methyl sites for hydroxylation is 1. The summed E-state index contributed by atoms with van der Waals surface area (Å²) in [5, 5.41) is 9.16. The molecule has 1 aliphatic heterocycles. The summed E-state index contributed by atoms with van der Waals surface area (Å²) in [6.07, 6.45) is 1.86. The first-order valence-corrected chi connectivity index (χ1v) is 7.85. The first-order chi connectivity index (χ1) is 12.0. The number of ether oxygens (including phenoxy) is 1. The number of hydrogen-bond donors (Lipinski definition) is 1. The van der Waals surface area contributed by atoms with Gasteiger partial charge in [0.15, 0.2) is 17.7 Å². The van der Waals surface area contributed by atoms with Crippen LogP contribution in [0.2, 0.25) is 0 Å². The molecule has 1 amide bonds. The van der Waals surface area contributed by atoms with E-state index in [-0.39, 0.29) is 37.7 Å². The first-order valence-electron chi connectivity index (χ1n) is 7.85. The molecule has 1 aromatic carbocycles. The molecule has 0 spiro atoms. The van der Waals surface area contributed by atoms with Crippen molar-refractivity contribution in [3.8, 4) is 11.3 Å². The van der Waals surface area contributed by atoms with Gasteiger partial charge in [-0.1, -0.05) is 0 Å². The van der Waals surface area contributed by atoms with Gasteiger partial charge in [0.25, 0.3) is 0 Å². The Hall–Kier alpha value is -2.74. The summed E-state index contributed by atoms with van der Waals surface area (Å²) in [7, 11) is 0. The predicted molar refractivity (Wildman–Crippen MR) is 84.2 cm³/mol. The van der Waals surface area contributed by atoms with Gasteiger partial charge in [0.05, 0.1) is 19.4 Å². The van der Waals surface area contributed by atoms with Gasteiger partial charge < -0.3 is 19.2 Å². The van der Waals surface area contributed by atoms with Crippen molar-refractivity contribution in [3.63, 3.8) is 0 Å². The number of oxazole rings is 1. The lowest BCUT2D eigenvalue weighted by atomic mass is 10.2. The number of carboxylic acid groups (broad SMARTS) is 1. The standard InChI is InChI=1S/C17H17FN2O5/c18-12-3-1-11(2-4-12)14-9-19-15(25-14)5-6-16(21)20-7-8-24-10-13(20)17(22)23/h1-4,9,13H,5-8,10H2,(H,22,23)/t13-/m0/s1. The van der Waals surface area contributed by atoms with Crippen LogP contribution in [-0.4, -0.2) is 52.7 Å². The summed E-state index contributed by atoms with van der Waals surface area (Å²) in [5.41, 5.74) is 0.686. The Bertz CT molecular complexity index is 759. The molecule has 1 aliphatic rings. The monoisotopic (exact) mass is 348 g/mol. The highest BCUT2D eigenvalue weighted by Gasteiger charge is 2.32. The third kappa shape index (κ3) is 4.03. The van der Waals surface area contributed by atoms with E-state index in [1.165, 1.54) is 23.2 Å². The second-order valence-corrected chi connectivity index (χ2v) is 5.64. The molecule has 1 N–H and O–H groups in total. The Kier molecular flexibility index (Phi) is 5.08. The number of rotatable bonds is 5. The smallest absolute Gasteiger partial charge is 0.328 e. The molecule has 0 bridgehead atoms. The first kappa shape index (κ1) is 17.1. The number of benzene rings is 1. The number of nitrogens with zero attached hydrogens (tertiary/aromatic N) is 2. The minimum absolute atomic E-state index is 0.00517. The molecule has 2 heterocycles. The number of carboxylic acids is 1. The van der Waals surface area contributed by atoms with Crippen LogP contribution in [0, 0.1) is 5.82 Å². The van der Waals surface area contributed by atoms with Crippen molar-refractivity contribution < 1.29 is 28.2 Å². The summed E-state index contributed by atoms with van der Waals surface area (Å²) in [6.45, 7) is 0.570. The SMILES string of the molecule is O=C(O)[C@@H]1COCCN1C(=O)CCc1ncc(-c2ccc(F)cc2)o1. The highest BCUT2D eigenvalue weighted by Crippen LogP contribution is 2.21. The van der Waals surface area contributed by atoms with Crippen LogP contribution in [0.15, 0.2) is 34.9 Å². The van der Waals surface area contributed by atoms with Crippen molar-refractivity contribution in [3.05, 3.63) is 42.2 Å². The van der Waals surface area contributed by atoms with E-state index in [9.17, 15) is 14.0 Å². The molecule has 0 unspecified atom stereocenters. The number of carbonyl (C=O) groups excluding carboxylic acids is 1. The number of aromatic nitrogens is 1. The zero-order valence-electron chi connectivity index (χ0n) is 13.4. The topological polar surface area (TPSA) is 92.9 Å². The minimum Gasteiger partial charge on any atom is -0.480 e. The van der Waals surface area contributed by atoms with E-state index in [4.69, 9.17) is 14.3 Å². The Labute approximate surface area is 143 Å². The lowest BCUT2D eigenvalue weighted by Crippen LogP contribution is -2.52. The zero-order valence-corrected chi connectivity index (χ0v) is 13.4. The molecule has 0 radical (unpaired) electrons. The van der Waals surface area contributed by atoms with E-state index in [2.05, 4.69) is 4.98 Å². The normalized spacial score (nSPS) is 17.5. The predicted octanol–water partition coefficient (Wildman–Crippen LogP) is 1.73. The van der Waals surface area contributed by atoms with Crippen molar-refractivity contribution in [2.75, 3.05) is 19.8 Å². The molecule has 132 valence electrons. The number of halogens is 1. The maximum Gasteiger partial charge on any atom is 0.328 e. The molecule has 0 aliphatic carbocycles. The van der Waals surface area contributed by atoms with Crippen molar-refractivity contribution in [1.29, 1.82) is 0 Å². The molecule has 7 nitrogen and oxygen atoms in total. The molecule has 1 fully saturated rings. The van der Waals surface area contributed by atoms with Crippen molar-refractivity contribution >= 4 is 11.9 Å². The Morgan fingerprint density at radius 3 is 2.80 bits per heavy atom. The van der Waals surface area contributed by atoms with E-state index in [0.29, 0.717) is 23.8 Å². The van der Waals surface area contributed by atoms with Gasteiger partial charge in [-0.15, -0.1) is 0 Å². The van der Waals surface area contributed by atoms with Gasteiger partial charge in [-0.25, -0.2) is 14.2 Å². The molecule has 3 rings (SSSR count). The summed E-state index contributed by atoms with van der Waals surface area (Å²) in [5.74, 6) is -0.849. The van der Waals surface area contributed by atoms with Gasteiger partial charge in [-0.05, 0) is 24.3 Å². The summed E-state index contributed by atoms with van der Waals surface area (Å²) in [6, 6.07) is 4.85. The summed E-state index contributed by atoms with van der Waals surface area (Å²) in [4.78, 5) is 28.9. The van der Waals surface area contributed by atoms with E-state index in [0.717, 1.165) is 0 Å². The van der Waals surface area contributed by atoms with Crippen LogP contribution >= 0.6 is 0 Å². The molecule has 1 atom stereocenters. The number of amides is 1. The van der Waals surface area contributed by atoms with Crippen LogP contribution in [0.4, 0.5) is 4.39 Å². The average Bonchev–Trinajstić information content (AvgIpc) is 3.09. The van der Waals surface area contributed by atoms with Crippen LogP contribution in [0.5, 0.6) is 0 Å². The lowest BCUT2D eigenvalue weighted by Gasteiger charge is -2.32. The molecule has 0 saturated carbocycles. The largest absolute Gasteiger partial charge is 0.480 e. The van der Waals surface area contributed by atoms with E-state index in [1.54, 1.807) is 12.1 Å².